The summed E-state index contributed by atoms with van der Waals surface area (Å²) in [4.78, 5) is 12.6. The molecule has 0 fully saturated rings. The van der Waals surface area contributed by atoms with Crippen molar-refractivity contribution in [2.24, 2.45) is 0 Å². The number of hydrogen-bond donors (Lipinski definition) is 0. The first-order valence-corrected chi connectivity index (χ1v) is 12.1. The first-order valence-electron chi connectivity index (χ1n) is 9.87. The number of Topliss-reactive ketones (excluding diaryl/α,β-unsaturated/α-hetero) is 1. The minimum Gasteiger partial charge on any atom is -0.497 e. The molecule has 0 aliphatic carbocycles. The summed E-state index contributed by atoms with van der Waals surface area (Å²) in [6.45, 7) is 2.71. The number of aromatic nitrogens is 5. The van der Waals surface area contributed by atoms with Gasteiger partial charge in [-0.2, -0.15) is 0 Å². The molecular formula is C22H20ClN5O2S2. The van der Waals surface area contributed by atoms with Crippen molar-refractivity contribution in [2.75, 3.05) is 12.9 Å². The van der Waals surface area contributed by atoms with Gasteiger partial charge in [-0.15, -0.1) is 20.4 Å². The molecule has 32 heavy (non-hydrogen) atoms. The van der Waals surface area contributed by atoms with E-state index in [9.17, 15) is 4.79 Å². The Morgan fingerprint density at radius 2 is 1.91 bits per heavy atom. The van der Waals surface area contributed by atoms with Gasteiger partial charge in [-0.05, 0) is 43.3 Å². The van der Waals surface area contributed by atoms with Crippen LogP contribution in [0.4, 0.5) is 0 Å². The third-order valence-electron chi connectivity index (χ3n) is 4.63. The molecule has 4 aromatic rings. The number of ketones is 1. The van der Waals surface area contributed by atoms with Gasteiger partial charge >= 0.3 is 0 Å². The van der Waals surface area contributed by atoms with Crippen LogP contribution in [0.3, 0.4) is 0 Å². The lowest BCUT2D eigenvalue weighted by Gasteiger charge is -2.07. The fraction of sp³-hybridized carbons (Fsp3) is 0.227. The third-order valence-corrected chi connectivity index (χ3v) is 6.86. The Balaban J connectivity index is 1.39. The van der Waals surface area contributed by atoms with Crippen LogP contribution in [0.25, 0.3) is 22.0 Å². The lowest BCUT2D eigenvalue weighted by Crippen LogP contribution is -2.07. The predicted octanol–water partition coefficient (Wildman–Crippen LogP) is 5.05. The van der Waals surface area contributed by atoms with Gasteiger partial charge in [0.2, 0.25) is 0 Å². The summed E-state index contributed by atoms with van der Waals surface area (Å²) in [7, 11) is 1.63. The molecule has 0 spiro atoms. The number of benzene rings is 2. The molecule has 7 nitrogen and oxygen atoms in total. The largest absolute Gasteiger partial charge is 0.497 e. The molecule has 0 amide bonds. The Labute approximate surface area is 198 Å². The molecule has 0 aliphatic heterocycles. The molecular weight excluding hydrogens is 466 g/mol. The lowest BCUT2D eigenvalue weighted by molar-refractivity contribution is -0.116. The molecule has 164 valence electrons. The maximum atomic E-state index is 12.6. The van der Waals surface area contributed by atoms with E-state index < -0.39 is 0 Å². The van der Waals surface area contributed by atoms with Crippen molar-refractivity contribution < 1.29 is 9.53 Å². The number of nitrogens with zero attached hydrogens (tertiary/aromatic N) is 5. The van der Waals surface area contributed by atoms with E-state index >= 15 is 0 Å². The summed E-state index contributed by atoms with van der Waals surface area (Å²) in [6, 6.07) is 15.1. The lowest BCUT2D eigenvalue weighted by atomic mass is 10.2. The van der Waals surface area contributed by atoms with E-state index in [4.69, 9.17) is 16.3 Å². The van der Waals surface area contributed by atoms with Crippen molar-refractivity contribution in [2.45, 2.75) is 25.0 Å². The number of carbonyl (C=O) groups excluding carboxylic acids is 1. The number of methoxy groups -OCH3 is 1. The molecule has 0 radical (unpaired) electrons. The number of rotatable bonds is 9. The Morgan fingerprint density at radius 1 is 1.09 bits per heavy atom. The molecule has 4 rings (SSSR count). The van der Waals surface area contributed by atoms with Gasteiger partial charge in [-0.1, -0.05) is 46.8 Å². The Bertz CT molecular complexity index is 1220. The summed E-state index contributed by atoms with van der Waals surface area (Å²) < 4.78 is 7.16. The van der Waals surface area contributed by atoms with Crippen LogP contribution >= 0.6 is 34.7 Å². The van der Waals surface area contributed by atoms with Gasteiger partial charge < -0.3 is 9.30 Å². The first kappa shape index (κ1) is 22.4. The van der Waals surface area contributed by atoms with Crippen LogP contribution in [0.1, 0.15) is 11.9 Å². The van der Waals surface area contributed by atoms with E-state index in [0.29, 0.717) is 21.7 Å². The molecule has 0 bridgehead atoms. The Hall–Kier alpha value is -2.75. The highest BCUT2D eigenvalue weighted by molar-refractivity contribution is 7.99. The highest BCUT2D eigenvalue weighted by Gasteiger charge is 2.16. The van der Waals surface area contributed by atoms with Crippen LogP contribution in [0.5, 0.6) is 5.75 Å². The average molecular weight is 486 g/mol. The molecule has 2 aromatic carbocycles. The second kappa shape index (κ2) is 10.2. The first-order chi connectivity index (χ1) is 15.6. The normalized spacial score (nSPS) is 11.0. The number of thioether (sulfide) groups is 1. The van der Waals surface area contributed by atoms with Gasteiger partial charge in [0, 0.05) is 22.7 Å². The van der Waals surface area contributed by atoms with Gasteiger partial charge in [0.1, 0.15) is 21.5 Å². The van der Waals surface area contributed by atoms with E-state index in [1.54, 1.807) is 7.11 Å². The van der Waals surface area contributed by atoms with Crippen molar-refractivity contribution in [1.82, 2.24) is 25.0 Å². The zero-order chi connectivity index (χ0) is 22.5. The Morgan fingerprint density at radius 3 is 2.62 bits per heavy atom. The van der Waals surface area contributed by atoms with Gasteiger partial charge in [0.25, 0.3) is 0 Å². The second-order valence-electron chi connectivity index (χ2n) is 6.79. The third kappa shape index (κ3) is 5.17. The van der Waals surface area contributed by atoms with E-state index in [-0.39, 0.29) is 18.0 Å². The summed E-state index contributed by atoms with van der Waals surface area (Å²) in [5, 5.41) is 19.8. The minimum absolute atomic E-state index is 0.0578. The highest BCUT2D eigenvalue weighted by Crippen LogP contribution is 2.28. The Kier molecular flexibility index (Phi) is 7.19. The molecule has 2 heterocycles. The van der Waals surface area contributed by atoms with E-state index in [2.05, 4.69) is 20.4 Å². The molecule has 2 aromatic heterocycles. The maximum absolute atomic E-state index is 12.6. The van der Waals surface area contributed by atoms with E-state index in [0.717, 1.165) is 27.7 Å². The molecule has 0 saturated carbocycles. The summed E-state index contributed by atoms with van der Waals surface area (Å²) >= 11 is 8.90. The topological polar surface area (TPSA) is 82.8 Å². The van der Waals surface area contributed by atoms with Crippen LogP contribution in [0.15, 0.2) is 53.7 Å². The SMILES string of the molecule is CCn1c(SCC(=O)Cc2nnc(-c3ccc(OC)cc3)s2)nnc1-c1cccc(Cl)c1. The summed E-state index contributed by atoms with van der Waals surface area (Å²) in [5.41, 5.74) is 1.84. The van der Waals surface area contributed by atoms with Crippen molar-refractivity contribution in [3.05, 3.63) is 58.6 Å². The van der Waals surface area contributed by atoms with Gasteiger partial charge in [0.05, 0.1) is 19.3 Å². The highest BCUT2D eigenvalue weighted by atomic mass is 35.5. The van der Waals surface area contributed by atoms with Crippen LogP contribution in [-0.4, -0.2) is 43.6 Å². The van der Waals surface area contributed by atoms with Crippen LogP contribution < -0.4 is 4.74 Å². The number of halogens is 1. The standard InChI is InChI=1S/C22H20ClN5O2S2/c1-3-28-20(15-5-4-6-16(23)11-15)25-27-22(28)31-13-17(29)12-19-24-26-21(32-19)14-7-9-18(30-2)10-8-14/h4-11H,3,12-13H2,1-2H3. The maximum Gasteiger partial charge on any atom is 0.191 e. The van der Waals surface area contributed by atoms with Gasteiger partial charge in [-0.3, -0.25) is 4.79 Å². The summed E-state index contributed by atoms with van der Waals surface area (Å²) in [5.74, 6) is 1.86. The van der Waals surface area contributed by atoms with Gasteiger partial charge in [-0.25, -0.2) is 0 Å². The van der Waals surface area contributed by atoms with E-state index in [1.807, 2.05) is 60.0 Å². The van der Waals surface area contributed by atoms with Gasteiger partial charge in [0.15, 0.2) is 11.0 Å². The molecule has 0 N–H and O–H groups in total. The quantitative estimate of drug-likeness (QED) is 0.307. The van der Waals surface area contributed by atoms with Crippen molar-refractivity contribution in [1.29, 1.82) is 0 Å². The number of ether oxygens (including phenoxy) is 1. The molecule has 10 heteroatoms. The van der Waals surface area contributed by atoms with Crippen molar-refractivity contribution in [3.63, 3.8) is 0 Å². The predicted molar refractivity (Wildman–Crippen MR) is 127 cm³/mol. The molecule has 0 unspecified atom stereocenters. The van der Waals surface area contributed by atoms with Crippen molar-refractivity contribution in [3.8, 4) is 27.7 Å². The van der Waals surface area contributed by atoms with Crippen LogP contribution in [0.2, 0.25) is 5.02 Å². The number of hydrogen-bond acceptors (Lipinski definition) is 8. The minimum atomic E-state index is 0.0578. The van der Waals surface area contributed by atoms with Crippen molar-refractivity contribution >= 4 is 40.5 Å². The average Bonchev–Trinajstić information content (AvgIpc) is 3.44. The zero-order valence-electron chi connectivity index (χ0n) is 17.5. The molecule has 0 saturated heterocycles. The fourth-order valence-corrected chi connectivity index (χ4v) is 4.99. The zero-order valence-corrected chi connectivity index (χ0v) is 19.9. The molecule has 0 atom stereocenters. The monoisotopic (exact) mass is 485 g/mol. The summed E-state index contributed by atoms with van der Waals surface area (Å²) in [6.07, 6.45) is 0.238. The van der Waals surface area contributed by atoms with Crippen LogP contribution in [0, 0.1) is 0 Å². The molecule has 0 aliphatic rings. The van der Waals surface area contributed by atoms with Crippen LogP contribution in [-0.2, 0) is 17.8 Å². The number of carbonyl (C=O) groups is 1. The smallest absolute Gasteiger partial charge is 0.191 e. The fourth-order valence-electron chi connectivity index (χ4n) is 3.06. The van der Waals surface area contributed by atoms with E-state index in [1.165, 1.54) is 23.1 Å². The second-order valence-corrected chi connectivity index (χ2v) is 9.24.